The van der Waals surface area contributed by atoms with Gasteiger partial charge in [0, 0.05) is 35.2 Å². The van der Waals surface area contributed by atoms with Crippen molar-refractivity contribution in [2.45, 2.75) is 24.3 Å². The first-order chi connectivity index (χ1) is 14.2. The van der Waals surface area contributed by atoms with E-state index >= 15 is 0 Å². The van der Waals surface area contributed by atoms with Crippen molar-refractivity contribution in [1.29, 1.82) is 0 Å². The number of sulfonamides is 1. The lowest BCUT2D eigenvalue weighted by molar-refractivity contribution is -0.117. The number of nitrogens with one attached hydrogen (secondary N) is 2. The molecular formula is C20H22Cl2N4O3S. The summed E-state index contributed by atoms with van der Waals surface area (Å²) < 4.78 is 27.6. The van der Waals surface area contributed by atoms with Crippen molar-refractivity contribution >= 4 is 50.7 Å². The molecule has 0 aromatic heterocycles. The standard InChI is InChI=1S/C20H22Cl2N4O3S/c1-26(12-14-8-15(21)10-16(22)9-14)13-20(27)24-17-4-2-5-18(11-17)30(28,29)25-19-6-3-7-23-19/h2,4-5,8-11H,3,6-7,12-13H2,1H3,(H,23,25)(H,24,27). The van der Waals surface area contributed by atoms with Crippen molar-refractivity contribution in [3.8, 4) is 0 Å². The number of hydrogen-bond acceptors (Lipinski definition) is 5. The highest BCUT2D eigenvalue weighted by Gasteiger charge is 2.19. The third-order valence-corrected chi connectivity index (χ3v) is 6.16. The number of carbonyl (C=O) groups excluding carboxylic acids is 1. The molecule has 160 valence electrons. The van der Waals surface area contributed by atoms with E-state index in [0.29, 0.717) is 41.1 Å². The van der Waals surface area contributed by atoms with Crippen molar-refractivity contribution in [1.82, 2.24) is 9.62 Å². The van der Waals surface area contributed by atoms with E-state index in [1.165, 1.54) is 12.1 Å². The van der Waals surface area contributed by atoms with Gasteiger partial charge in [0.25, 0.3) is 10.0 Å². The number of nitrogens with zero attached hydrogens (tertiary/aromatic N) is 2. The van der Waals surface area contributed by atoms with Gasteiger partial charge >= 0.3 is 0 Å². The zero-order valence-electron chi connectivity index (χ0n) is 16.4. The summed E-state index contributed by atoms with van der Waals surface area (Å²) in [5, 5.41) is 3.80. The minimum Gasteiger partial charge on any atom is -0.325 e. The quantitative estimate of drug-likeness (QED) is 0.649. The normalized spacial score (nSPS) is 13.9. The van der Waals surface area contributed by atoms with Gasteiger partial charge in [-0.25, -0.2) is 8.42 Å². The van der Waals surface area contributed by atoms with Crippen LogP contribution in [0.3, 0.4) is 0 Å². The number of hydrogen-bond donors (Lipinski definition) is 2. The number of aliphatic imine (C=N–C) groups is 1. The second-order valence-corrected chi connectivity index (χ2v) is 9.62. The summed E-state index contributed by atoms with van der Waals surface area (Å²) in [6, 6.07) is 11.3. The van der Waals surface area contributed by atoms with Crippen LogP contribution >= 0.6 is 23.2 Å². The molecule has 7 nitrogen and oxygen atoms in total. The molecule has 2 aromatic carbocycles. The first-order valence-corrected chi connectivity index (χ1v) is 11.5. The Hall–Kier alpha value is -2.13. The van der Waals surface area contributed by atoms with Gasteiger partial charge in [-0.3, -0.25) is 19.4 Å². The van der Waals surface area contributed by atoms with E-state index in [9.17, 15) is 13.2 Å². The molecule has 0 atom stereocenters. The molecule has 0 saturated carbocycles. The summed E-state index contributed by atoms with van der Waals surface area (Å²) in [5.74, 6) is 0.195. The smallest absolute Gasteiger partial charge is 0.262 e. The van der Waals surface area contributed by atoms with Crippen LogP contribution in [0.25, 0.3) is 0 Å². The molecule has 1 aliphatic heterocycles. The molecule has 30 heavy (non-hydrogen) atoms. The Morgan fingerprint density at radius 1 is 1.17 bits per heavy atom. The Morgan fingerprint density at radius 2 is 1.90 bits per heavy atom. The molecule has 0 saturated heterocycles. The van der Waals surface area contributed by atoms with Gasteiger partial charge < -0.3 is 5.32 Å². The Kier molecular flexibility index (Phi) is 7.36. The van der Waals surface area contributed by atoms with Gasteiger partial charge in [-0.15, -0.1) is 0 Å². The van der Waals surface area contributed by atoms with Crippen LogP contribution in [-0.2, 0) is 21.4 Å². The van der Waals surface area contributed by atoms with Crippen LogP contribution in [0.1, 0.15) is 18.4 Å². The summed E-state index contributed by atoms with van der Waals surface area (Å²) in [5.41, 5.74) is 1.28. The van der Waals surface area contributed by atoms with Crippen molar-refractivity contribution in [2.75, 3.05) is 25.5 Å². The number of carbonyl (C=O) groups is 1. The van der Waals surface area contributed by atoms with Gasteiger partial charge in [-0.05, 0) is 55.4 Å². The van der Waals surface area contributed by atoms with Crippen molar-refractivity contribution in [3.05, 3.63) is 58.1 Å². The van der Waals surface area contributed by atoms with Gasteiger partial charge in [0.05, 0.1) is 11.4 Å². The topological polar surface area (TPSA) is 90.9 Å². The van der Waals surface area contributed by atoms with Crippen LogP contribution in [0.4, 0.5) is 5.69 Å². The minimum atomic E-state index is -3.74. The number of benzene rings is 2. The molecule has 3 rings (SSSR count). The molecule has 0 radical (unpaired) electrons. The summed E-state index contributed by atoms with van der Waals surface area (Å²) in [6.45, 7) is 1.22. The summed E-state index contributed by atoms with van der Waals surface area (Å²) >= 11 is 12.0. The number of amides is 1. The van der Waals surface area contributed by atoms with E-state index < -0.39 is 10.0 Å². The summed E-state index contributed by atoms with van der Waals surface area (Å²) in [4.78, 5) is 18.4. The number of halogens is 2. The van der Waals surface area contributed by atoms with Gasteiger partial charge in [-0.1, -0.05) is 29.3 Å². The second-order valence-electron chi connectivity index (χ2n) is 7.06. The molecule has 2 N–H and O–H groups in total. The molecule has 0 fully saturated rings. The largest absolute Gasteiger partial charge is 0.325 e. The maximum Gasteiger partial charge on any atom is 0.262 e. The van der Waals surface area contributed by atoms with E-state index in [2.05, 4.69) is 15.0 Å². The molecule has 0 aliphatic carbocycles. The minimum absolute atomic E-state index is 0.0665. The Morgan fingerprint density at radius 3 is 2.57 bits per heavy atom. The fourth-order valence-corrected chi connectivity index (χ4v) is 4.80. The number of anilines is 1. The fraction of sp³-hybridized carbons (Fsp3) is 0.300. The van der Waals surface area contributed by atoms with Crippen molar-refractivity contribution in [3.63, 3.8) is 0 Å². The SMILES string of the molecule is CN(CC(=O)Nc1cccc(S(=O)(=O)NC2=NCCC2)c1)Cc1cc(Cl)cc(Cl)c1. The van der Waals surface area contributed by atoms with E-state index in [1.807, 2.05) is 0 Å². The van der Waals surface area contributed by atoms with Crippen LogP contribution in [0, 0.1) is 0 Å². The highest BCUT2D eigenvalue weighted by atomic mass is 35.5. The van der Waals surface area contributed by atoms with Gasteiger partial charge in [-0.2, -0.15) is 0 Å². The third-order valence-electron chi connectivity index (χ3n) is 4.34. The highest BCUT2D eigenvalue weighted by Crippen LogP contribution is 2.20. The molecule has 1 aliphatic rings. The summed E-state index contributed by atoms with van der Waals surface area (Å²) in [6.07, 6.45) is 1.45. The average Bonchev–Trinajstić information content (AvgIpc) is 3.13. The van der Waals surface area contributed by atoms with Crippen molar-refractivity contribution < 1.29 is 13.2 Å². The maximum absolute atomic E-state index is 12.5. The second kappa shape index (κ2) is 9.78. The lowest BCUT2D eigenvalue weighted by Crippen LogP contribution is -2.30. The Bertz CT molecular complexity index is 1050. The monoisotopic (exact) mass is 468 g/mol. The first-order valence-electron chi connectivity index (χ1n) is 9.31. The first kappa shape index (κ1) is 22.6. The Labute approximate surface area is 186 Å². The van der Waals surface area contributed by atoms with Gasteiger partial charge in [0.2, 0.25) is 5.91 Å². The molecule has 1 amide bonds. The molecule has 1 heterocycles. The van der Waals surface area contributed by atoms with Gasteiger partial charge in [0.15, 0.2) is 0 Å². The number of rotatable bonds is 7. The summed E-state index contributed by atoms with van der Waals surface area (Å²) in [7, 11) is -1.95. The molecule has 0 bridgehead atoms. The molecule has 0 unspecified atom stereocenters. The predicted molar refractivity (Wildman–Crippen MR) is 120 cm³/mol. The third kappa shape index (κ3) is 6.43. The van der Waals surface area contributed by atoms with E-state index in [1.54, 1.807) is 42.3 Å². The lowest BCUT2D eigenvalue weighted by Gasteiger charge is -2.17. The maximum atomic E-state index is 12.5. The van der Waals surface area contributed by atoms with Crippen LogP contribution < -0.4 is 10.0 Å². The average molecular weight is 469 g/mol. The zero-order valence-corrected chi connectivity index (χ0v) is 18.7. The van der Waals surface area contributed by atoms with Gasteiger partial charge in [0.1, 0.15) is 5.84 Å². The Balaban J connectivity index is 1.60. The fourth-order valence-electron chi connectivity index (χ4n) is 3.09. The van der Waals surface area contributed by atoms with Crippen molar-refractivity contribution in [2.24, 2.45) is 4.99 Å². The van der Waals surface area contributed by atoms with E-state index in [-0.39, 0.29) is 17.3 Å². The zero-order chi connectivity index (χ0) is 21.7. The number of likely N-dealkylation sites (N-methyl/N-ethyl adjacent to an activating group) is 1. The molecule has 0 spiro atoms. The van der Waals surface area contributed by atoms with Crippen LogP contribution in [0.15, 0.2) is 52.4 Å². The van der Waals surface area contributed by atoms with Crippen LogP contribution in [-0.4, -0.2) is 45.2 Å². The highest BCUT2D eigenvalue weighted by molar-refractivity contribution is 7.90. The van der Waals surface area contributed by atoms with Crippen LogP contribution in [0.2, 0.25) is 10.0 Å². The molecule has 10 heteroatoms. The van der Waals surface area contributed by atoms with E-state index in [0.717, 1.165) is 12.0 Å². The number of amidine groups is 1. The molecular weight excluding hydrogens is 447 g/mol. The lowest BCUT2D eigenvalue weighted by atomic mass is 10.2. The molecule has 2 aromatic rings. The van der Waals surface area contributed by atoms with Crippen LogP contribution in [0.5, 0.6) is 0 Å². The van der Waals surface area contributed by atoms with E-state index in [4.69, 9.17) is 23.2 Å². The predicted octanol–water partition coefficient (Wildman–Crippen LogP) is 3.53.